The molecule has 8 nitrogen and oxygen atoms in total. The van der Waals surface area contributed by atoms with Gasteiger partial charge in [-0.1, -0.05) is 19.3 Å². The first-order chi connectivity index (χ1) is 15.5. The number of nitrogens with zero attached hydrogens (tertiary/aromatic N) is 4. The van der Waals surface area contributed by atoms with Crippen LogP contribution in [0.3, 0.4) is 0 Å². The molecule has 0 spiro atoms. The summed E-state index contributed by atoms with van der Waals surface area (Å²) in [5, 5.41) is 7.89. The summed E-state index contributed by atoms with van der Waals surface area (Å²) in [7, 11) is 5.68. The molecular weight excluding hydrogens is 404 g/mol. The van der Waals surface area contributed by atoms with E-state index in [1.54, 1.807) is 7.11 Å². The number of aromatic amines is 1. The fourth-order valence-electron chi connectivity index (χ4n) is 4.64. The Morgan fingerprint density at radius 3 is 2.78 bits per heavy atom. The summed E-state index contributed by atoms with van der Waals surface area (Å²) in [6.45, 7) is 3.83. The fraction of sp³-hybridized carbons (Fsp3) is 0.542. The number of ether oxygens (including phenoxy) is 1. The molecule has 0 saturated heterocycles. The predicted molar refractivity (Wildman–Crippen MR) is 129 cm³/mol. The van der Waals surface area contributed by atoms with Gasteiger partial charge in [-0.25, -0.2) is 4.98 Å². The van der Waals surface area contributed by atoms with E-state index in [1.807, 2.05) is 36.9 Å². The number of nitrogens with one attached hydrogen (secondary N) is 2. The lowest BCUT2D eigenvalue weighted by molar-refractivity contribution is 0.336. The zero-order valence-electron chi connectivity index (χ0n) is 19.6. The van der Waals surface area contributed by atoms with E-state index in [9.17, 15) is 4.79 Å². The number of fused-ring (bicyclic) bond motifs is 1. The van der Waals surface area contributed by atoms with E-state index < -0.39 is 0 Å². The molecule has 1 saturated carbocycles. The van der Waals surface area contributed by atoms with Crippen molar-refractivity contribution in [3.05, 3.63) is 34.2 Å². The molecule has 1 aliphatic rings. The Morgan fingerprint density at radius 1 is 1.28 bits per heavy atom. The first-order valence-corrected chi connectivity index (χ1v) is 11.6. The van der Waals surface area contributed by atoms with Crippen LogP contribution < -0.4 is 20.5 Å². The highest BCUT2D eigenvalue weighted by Gasteiger charge is 2.23. The molecule has 1 fully saturated rings. The van der Waals surface area contributed by atoms with Gasteiger partial charge in [0.25, 0.3) is 5.56 Å². The molecule has 8 heteroatoms. The van der Waals surface area contributed by atoms with Crippen LogP contribution in [0.2, 0.25) is 0 Å². The maximum Gasteiger partial charge on any atom is 0.277 e. The topological polar surface area (TPSA) is 88.1 Å². The van der Waals surface area contributed by atoms with Crippen molar-refractivity contribution < 1.29 is 4.74 Å². The Morgan fingerprint density at radius 2 is 2.06 bits per heavy atom. The molecular formula is C24H34N6O2. The SMILES string of the molecule is CNCCCN(C)c1ccc(-c2nc3c(C)nn(C4CCCCC4)c3c(=O)[nH]2)c(OC)c1. The van der Waals surface area contributed by atoms with Crippen LogP contribution in [0.4, 0.5) is 5.69 Å². The number of H-pyrrole nitrogens is 1. The molecule has 0 bridgehead atoms. The third-order valence-electron chi connectivity index (χ3n) is 6.45. The first kappa shape index (κ1) is 22.3. The van der Waals surface area contributed by atoms with E-state index >= 15 is 0 Å². The maximum atomic E-state index is 13.2. The molecule has 172 valence electrons. The number of hydrogen-bond acceptors (Lipinski definition) is 6. The van der Waals surface area contributed by atoms with Crippen LogP contribution in [0, 0.1) is 6.92 Å². The lowest BCUT2D eigenvalue weighted by atomic mass is 9.95. The van der Waals surface area contributed by atoms with Crippen molar-refractivity contribution >= 4 is 16.7 Å². The smallest absolute Gasteiger partial charge is 0.277 e. The van der Waals surface area contributed by atoms with Crippen molar-refractivity contribution in [3.63, 3.8) is 0 Å². The number of rotatable bonds is 8. The lowest BCUT2D eigenvalue weighted by Gasteiger charge is -2.22. The minimum atomic E-state index is -0.147. The number of benzene rings is 1. The summed E-state index contributed by atoms with van der Waals surface area (Å²) in [5.74, 6) is 1.19. The zero-order chi connectivity index (χ0) is 22.7. The molecule has 0 atom stereocenters. The molecule has 4 rings (SSSR count). The maximum absolute atomic E-state index is 13.2. The van der Waals surface area contributed by atoms with Crippen LogP contribution in [-0.2, 0) is 0 Å². The zero-order valence-corrected chi connectivity index (χ0v) is 19.6. The van der Waals surface area contributed by atoms with Crippen LogP contribution in [0.15, 0.2) is 23.0 Å². The van der Waals surface area contributed by atoms with Crippen LogP contribution in [-0.4, -0.2) is 54.0 Å². The van der Waals surface area contributed by atoms with Crippen LogP contribution in [0.5, 0.6) is 5.75 Å². The molecule has 0 unspecified atom stereocenters. The summed E-state index contributed by atoms with van der Waals surface area (Å²) in [6, 6.07) is 6.28. The van der Waals surface area contributed by atoms with Crippen LogP contribution in [0.1, 0.15) is 50.3 Å². The number of hydrogen-bond donors (Lipinski definition) is 2. The van der Waals surface area contributed by atoms with Gasteiger partial charge < -0.3 is 19.9 Å². The standard InChI is InChI=1S/C24H34N6O2/c1-16-21-22(30(28-16)17-9-6-5-7-10-17)24(31)27-23(26-21)19-12-11-18(15-20(19)32-4)29(3)14-8-13-25-2/h11-12,15,17,25H,5-10,13-14H2,1-4H3,(H,26,27,31). The predicted octanol–water partition coefficient (Wildman–Crippen LogP) is 3.65. The van der Waals surface area contributed by atoms with E-state index in [1.165, 1.54) is 19.3 Å². The van der Waals surface area contributed by atoms with Gasteiger partial charge in [0.15, 0.2) is 5.52 Å². The number of methoxy groups -OCH3 is 1. The number of aryl methyl sites for hydroxylation is 1. The average molecular weight is 439 g/mol. The van der Waals surface area contributed by atoms with Crippen molar-refractivity contribution in [2.45, 2.75) is 51.5 Å². The molecule has 32 heavy (non-hydrogen) atoms. The largest absolute Gasteiger partial charge is 0.496 e. The van der Waals surface area contributed by atoms with Crippen LogP contribution in [0.25, 0.3) is 22.4 Å². The fourth-order valence-corrected chi connectivity index (χ4v) is 4.64. The van der Waals surface area contributed by atoms with Gasteiger partial charge in [-0.05, 0) is 51.9 Å². The molecule has 1 aromatic carbocycles. The summed E-state index contributed by atoms with van der Waals surface area (Å²) in [5.41, 5.74) is 3.72. The second kappa shape index (κ2) is 9.73. The summed E-state index contributed by atoms with van der Waals surface area (Å²) >= 11 is 0. The van der Waals surface area contributed by atoms with Gasteiger partial charge in [0.1, 0.15) is 17.1 Å². The normalized spacial score (nSPS) is 14.8. The van der Waals surface area contributed by atoms with Crippen molar-refractivity contribution in [1.29, 1.82) is 0 Å². The first-order valence-electron chi connectivity index (χ1n) is 11.6. The van der Waals surface area contributed by atoms with Gasteiger partial charge in [-0.3, -0.25) is 9.48 Å². The highest BCUT2D eigenvalue weighted by Crippen LogP contribution is 2.33. The number of anilines is 1. The molecule has 2 N–H and O–H groups in total. The van der Waals surface area contributed by atoms with Gasteiger partial charge in [0, 0.05) is 25.3 Å². The second-order valence-electron chi connectivity index (χ2n) is 8.70. The molecule has 2 heterocycles. The Labute approximate surface area is 189 Å². The molecule has 0 aliphatic heterocycles. The quantitative estimate of drug-likeness (QED) is 0.522. The summed E-state index contributed by atoms with van der Waals surface area (Å²) < 4.78 is 7.59. The molecule has 0 amide bonds. The van der Waals surface area contributed by atoms with E-state index in [4.69, 9.17) is 14.8 Å². The third-order valence-corrected chi connectivity index (χ3v) is 6.45. The third kappa shape index (κ3) is 4.37. The molecule has 0 radical (unpaired) electrons. The van der Waals surface area contributed by atoms with E-state index in [-0.39, 0.29) is 11.6 Å². The van der Waals surface area contributed by atoms with Crippen molar-refractivity contribution in [1.82, 2.24) is 25.1 Å². The summed E-state index contributed by atoms with van der Waals surface area (Å²) in [4.78, 5) is 23.2. The molecule has 1 aliphatic carbocycles. The highest BCUT2D eigenvalue weighted by atomic mass is 16.5. The minimum absolute atomic E-state index is 0.147. The van der Waals surface area contributed by atoms with Crippen LogP contribution >= 0.6 is 0 Å². The van der Waals surface area contributed by atoms with Crippen molar-refractivity contribution in [3.8, 4) is 17.1 Å². The highest BCUT2D eigenvalue weighted by molar-refractivity contribution is 5.80. The number of aromatic nitrogens is 4. The second-order valence-corrected chi connectivity index (χ2v) is 8.70. The van der Waals surface area contributed by atoms with Crippen molar-refractivity contribution in [2.24, 2.45) is 0 Å². The van der Waals surface area contributed by atoms with E-state index in [2.05, 4.69) is 22.2 Å². The van der Waals surface area contributed by atoms with Gasteiger partial charge in [-0.15, -0.1) is 0 Å². The van der Waals surface area contributed by atoms with E-state index in [0.717, 1.165) is 49.3 Å². The summed E-state index contributed by atoms with van der Waals surface area (Å²) in [6.07, 6.45) is 6.80. The average Bonchev–Trinajstić information content (AvgIpc) is 3.16. The molecule has 3 aromatic rings. The van der Waals surface area contributed by atoms with Gasteiger partial charge in [-0.2, -0.15) is 5.10 Å². The Bertz CT molecular complexity index is 1130. The molecule has 2 aromatic heterocycles. The van der Waals surface area contributed by atoms with Gasteiger partial charge >= 0.3 is 0 Å². The van der Waals surface area contributed by atoms with Crippen molar-refractivity contribution in [2.75, 3.05) is 39.2 Å². The van der Waals surface area contributed by atoms with Gasteiger partial charge in [0.05, 0.1) is 24.4 Å². The Balaban J connectivity index is 1.70. The minimum Gasteiger partial charge on any atom is -0.496 e. The van der Waals surface area contributed by atoms with Gasteiger partial charge in [0.2, 0.25) is 0 Å². The Hall–Kier alpha value is -2.87. The van der Waals surface area contributed by atoms with E-state index in [0.29, 0.717) is 22.6 Å². The monoisotopic (exact) mass is 438 g/mol. The Kier molecular flexibility index (Phi) is 6.79. The lowest BCUT2D eigenvalue weighted by Crippen LogP contribution is -2.22.